The molecule has 0 atom stereocenters. The first-order valence-electron chi connectivity index (χ1n) is 8.62. The van der Waals surface area contributed by atoms with Crippen molar-refractivity contribution in [3.8, 4) is 11.5 Å². The summed E-state index contributed by atoms with van der Waals surface area (Å²) in [4.78, 5) is 11.6. The predicted molar refractivity (Wildman–Crippen MR) is 102 cm³/mol. The van der Waals surface area contributed by atoms with Crippen LogP contribution >= 0.6 is 11.6 Å². The molecule has 1 aliphatic carbocycles. The van der Waals surface area contributed by atoms with Crippen molar-refractivity contribution in [1.82, 2.24) is 5.43 Å². The molecule has 1 amide bonds. The average molecular weight is 373 g/mol. The average Bonchev–Trinajstić information content (AvgIpc) is 3.48. The molecule has 0 saturated heterocycles. The van der Waals surface area contributed by atoms with E-state index in [0.717, 1.165) is 24.0 Å². The molecule has 1 aliphatic rings. The normalized spacial score (nSPS) is 13.6. The van der Waals surface area contributed by atoms with Gasteiger partial charge in [0.05, 0.1) is 12.8 Å². The van der Waals surface area contributed by atoms with Crippen molar-refractivity contribution in [2.24, 2.45) is 11.0 Å². The summed E-state index contributed by atoms with van der Waals surface area (Å²) < 4.78 is 11.5. The fraction of sp³-hybridized carbons (Fsp3) is 0.300. The van der Waals surface area contributed by atoms with Gasteiger partial charge in [-0.2, -0.15) is 5.10 Å². The van der Waals surface area contributed by atoms with Crippen LogP contribution in [0.5, 0.6) is 11.5 Å². The molecule has 136 valence electrons. The molecule has 6 heteroatoms. The lowest BCUT2D eigenvalue weighted by atomic mass is 10.2. The van der Waals surface area contributed by atoms with Crippen molar-refractivity contribution in [3.05, 3.63) is 58.6 Å². The molecule has 5 nitrogen and oxygen atoms in total. The van der Waals surface area contributed by atoms with E-state index >= 15 is 0 Å². The second-order valence-corrected chi connectivity index (χ2v) is 6.50. The maximum absolute atomic E-state index is 11.6. The zero-order valence-electron chi connectivity index (χ0n) is 14.6. The van der Waals surface area contributed by atoms with Gasteiger partial charge in [0.15, 0.2) is 11.5 Å². The summed E-state index contributed by atoms with van der Waals surface area (Å²) in [5, 5.41) is 4.70. The van der Waals surface area contributed by atoms with Crippen molar-refractivity contribution in [1.29, 1.82) is 0 Å². The SMILES string of the molecule is CCOc1cc(/C=N/NC(=O)C2CC2)ccc1OCc1ccc(Cl)cc1. The third-order valence-corrected chi connectivity index (χ3v) is 4.16. The molecule has 1 saturated carbocycles. The Morgan fingerprint density at radius 3 is 2.65 bits per heavy atom. The van der Waals surface area contributed by atoms with Gasteiger partial charge in [0.25, 0.3) is 0 Å². The summed E-state index contributed by atoms with van der Waals surface area (Å²) in [6.45, 7) is 2.86. The summed E-state index contributed by atoms with van der Waals surface area (Å²) in [5.74, 6) is 1.41. The lowest BCUT2D eigenvalue weighted by Gasteiger charge is -2.12. The van der Waals surface area contributed by atoms with Crippen LogP contribution in [-0.4, -0.2) is 18.7 Å². The Morgan fingerprint density at radius 1 is 1.19 bits per heavy atom. The number of nitrogens with one attached hydrogen (secondary N) is 1. The van der Waals surface area contributed by atoms with E-state index in [1.54, 1.807) is 6.21 Å². The third kappa shape index (κ3) is 5.23. The number of halogens is 1. The Kier molecular flexibility index (Phi) is 6.12. The van der Waals surface area contributed by atoms with Crippen LogP contribution in [0.3, 0.4) is 0 Å². The lowest BCUT2D eigenvalue weighted by molar-refractivity contribution is -0.122. The number of hydrazone groups is 1. The maximum Gasteiger partial charge on any atom is 0.243 e. The van der Waals surface area contributed by atoms with Gasteiger partial charge in [-0.25, -0.2) is 5.43 Å². The molecular weight excluding hydrogens is 352 g/mol. The molecule has 3 rings (SSSR count). The van der Waals surface area contributed by atoms with Crippen molar-refractivity contribution in [3.63, 3.8) is 0 Å². The molecule has 0 spiro atoms. The number of ether oxygens (including phenoxy) is 2. The molecule has 0 radical (unpaired) electrons. The highest BCUT2D eigenvalue weighted by Crippen LogP contribution is 2.30. The number of amides is 1. The highest BCUT2D eigenvalue weighted by Gasteiger charge is 2.29. The van der Waals surface area contributed by atoms with Crippen molar-refractivity contribution >= 4 is 23.7 Å². The largest absolute Gasteiger partial charge is 0.490 e. The Balaban J connectivity index is 1.64. The van der Waals surface area contributed by atoms with Crippen LogP contribution in [0.1, 0.15) is 30.9 Å². The Bertz CT molecular complexity index is 786. The number of hydrogen-bond acceptors (Lipinski definition) is 4. The number of nitrogens with zero attached hydrogens (tertiary/aromatic N) is 1. The first kappa shape index (κ1) is 18.3. The molecule has 0 bridgehead atoms. The van der Waals surface area contributed by atoms with E-state index in [0.29, 0.717) is 29.7 Å². The molecule has 1 N–H and O–H groups in total. The van der Waals surface area contributed by atoms with Crippen LogP contribution in [0.25, 0.3) is 0 Å². The number of carbonyl (C=O) groups excluding carboxylic acids is 1. The minimum Gasteiger partial charge on any atom is -0.490 e. The molecular formula is C20H21ClN2O3. The number of rotatable bonds is 8. The van der Waals surface area contributed by atoms with Gasteiger partial charge in [-0.3, -0.25) is 4.79 Å². The summed E-state index contributed by atoms with van der Waals surface area (Å²) >= 11 is 5.90. The second-order valence-electron chi connectivity index (χ2n) is 6.06. The fourth-order valence-corrected chi connectivity index (χ4v) is 2.47. The fourth-order valence-electron chi connectivity index (χ4n) is 2.34. The van der Waals surface area contributed by atoms with Crippen molar-refractivity contribution in [2.75, 3.05) is 6.61 Å². The highest BCUT2D eigenvalue weighted by molar-refractivity contribution is 6.30. The third-order valence-electron chi connectivity index (χ3n) is 3.91. The van der Waals surface area contributed by atoms with Gasteiger partial charge in [0, 0.05) is 10.9 Å². The Labute approximate surface area is 158 Å². The van der Waals surface area contributed by atoms with E-state index in [-0.39, 0.29) is 11.8 Å². The Morgan fingerprint density at radius 2 is 1.96 bits per heavy atom. The summed E-state index contributed by atoms with van der Waals surface area (Å²) in [6, 6.07) is 13.1. The van der Waals surface area contributed by atoms with Gasteiger partial charge in [-0.1, -0.05) is 23.7 Å². The Hall–Kier alpha value is -2.53. The van der Waals surface area contributed by atoms with Crippen LogP contribution in [0, 0.1) is 5.92 Å². The van der Waals surface area contributed by atoms with E-state index in [2.05, 4.69) is 10.5 Å². The van der Waals surface area contributed by atoms with Gasteiger partial charge in [0.2, 0.25) is 5.91 Å². The van der Waals surface area contributed by atoms with E-state index in [1.807, 2.05) is 49.4 Å². The van der Waals surface area contributed by atoms with E-state index in [4.69, 9.17) is 21.1 Å². The van der Waals surface area contributed by atoms with Gasteiger partial charge in [-0.15, -0.1) is 0 Å². The molecule has 0 aliphatic heterocycles. The highest BCUT2D eigenvalue weighted by atomic mass is 35.5. The summed E-state index contributed by atoms with van der Waals surface area (Å²) in [7, 11) is 0. The summed E-state index contributed by atoms with van der Waals surface area (Å²) in [5.41, 5.74) is 4.40. The number of benzene rings is 2. The molecule has 0 aromatic heterocycles. The molecule has 0 unspecified atom stereocenters. The van der Waals surface area contributed by atoms with Gasteiger partial charge >= 0.3 is 0 Å². The van der Waals surface area contributed by atoms with E-state index < -0.39 is 0 Å². The zero-order chi connectivity index (χ0) is 18.4. The van der Waals surface area contributed by atoms with Crippen LogP contribution in [0.4, 0.5) is 0 Å². The van der Waals surface area contributed by atoms with Crippen LogP contribution in [0.2, 0.25) is 5.02 Å². The first-order chi connectivity index (χ1) is 12.7. The van der Waals surface area contributed by atoms with Crippen molar-refractivity contribution < 1.29 is 14.3 Å². The standard InChI is InChI=1S/C20H21ClN2O3/c1-2-25-19-11-15(12-22-23-20(24)16-6-7-16)5-10-18(19)26-13-14-3-8-17(21)9-4-14/h3-5,8-12,16H,2,6-7,13H2,1H3,(H,23,24)/b22-12+. The molecule has 2 aromatic rings. The first-order valence-corrected chi connectivity index (χ1v) is 9.00. The molecule has 2 aromatic carbocycles. The molecule has 1 fully saturated rings. The number of carbonyl (C=O) groups is 1. The minimum atomic E-state index is -0.0193. The molecule has 0 heterocycles. The van der Waals surface area contributed by atoms with Crippen molar-refractivity contribution in [2.45, 2.75) is 26.4 Å². The number of hydrogen-bond donors (Lipinski definition) is 1. The van der Waals surface area contributed by atoms with Gasteiger partial charge in [-0.05, 0) is 61.2 Å². The van der Waals surface area contributed by atoms with E-state index in [9.17, 15) is 4.79 Å². The van der Waals surface area contributed by atoms with Crippen LogP contribution in [0.15, 0.2) is 47.6 Å². The zero-order valence-corrected chi connectivity index (χ0v) is 15.3. The van der Waals surface area contributed by atoms with E-state index in [1.165, 1.54) is 0 Å². The minimum absolute atomic E-state index is 0.0193. The topological polar surface area (TPSA) is 59.9 Å². The van der Waals surface area contributed by atoms with Crippen LogP contribution in [-0.2, 0) is 11.4 Å². The van der Waals surface area contributed by atoms with Gasteiger partial charge in [0.1, 0.15) is 6.61 Å². The van der Waals surface area contributed by atoms with Gasteiger partial charge < -0.3 is 9.47 Å². The molecule has 26 heavy (non-hydrogen) atoms. The summed E-state index contributed by atoms with van der Waals surface area (Å²) in [6.07, 6.45) is 3.51. The maximum atomic E-state index is 11.6. The smallest absolute Gasteiger partial charge is 0.243 e. The second kappa shape index (κ2) is 8.72. The van der Waals surface area contributed by atoms with Crippen LogP contribution < -0.4 is 14.9 Å². The monoisotopic (exact) mass is 372 g/mol. The lowest BCUT2D eigenvalue weighted by Crippen LogP contribution is -2.18. The quantitative estimate of drug-likeness (QED) is 0.558. The predicted octanol–water partition coefficient (Wildman–Crippen LogP) is 4.18.